The molecule has 0 spiro atoms. The third kappa shape index (κ3) is 4.67. The molecule has 34 heavy (non-hydrogen) atoms. The van der Waals surface area contributed by atoms with Crippen LogP contribution in [-0.2, 0) is 0 Å². The van der Waals surface area contributed by atoms with Gasteiger partial charge in [-0.1, -0.05) is 29.7 Å². The summed E-state index contributed by atoms with van der Waals surface area (Å²) in [5, 5.41) is 3.16. The molecule has 2 amide bonds. The molecule has 0 aliphatic carbocycles. The SMILES string of the molecule is CC#CN1CCCCC1c1nc(-c2ccc(C(=O)Nc3cc(Cl)ccn3)cc2)c(C(N)=O)n1N. The van der Waals surface area contributed by atoms with Crippen molar-refractivity contribution in [2.24, 2.45) is 5.73 Å². The number of nitrogen functional groups attached to an aromatic ring is 1. The first kappa shape index (κ1) is 23.1. The summed E-state index contributed by atoms with van der Waals surface area (Å²) in [5.41, 5.74) is 7.14. The summed E-state index contributed by atoms with van der Waals surface area (Å²) in [4.78, 5) is 35.6. The minimum atomic E-state index is -0.686. The zero-order valence-corrected chi connectivity index (χ0v) is 19.3. The molecule has 9 nitrogen and oxygen atoms in total. The summed E-state index contributed by atoms with van der Waals surface area (Å²) in [6.07, 6.45) is 4.36. The highest BCUT2D eigenvalue weighted by atomic mass is 35.5. The second kappa shape index (κ2) is 9.85. The number of aromatic nitrogens is 3. The first-order chi connectivity index (χ1) is 16.4. The van der Waals surface area contributed by atoms with Gasteiger partial charge in [0.1, 0.15) is 11.5 Å². The maximum atomic E-state index is 12.6. The zero-order valence-electron chi connectivity index (χ0n) is 18.6. The van der Waals surface area contributed by atoms with Crippen molar-refractivity contribution in [3.63, 3.8) is 0 Å². The molecule has 1 fully saturated rings. The number of nitrogens with one attached hydrogen (secondary N) is 1. The number of anilines is 1. The molecule has 1 atom stereocenters. The number of benzene rings is 1. The van der Waals surface area contributed by atoms with Crippen LogP contribution < -0.4 is 16.9 Å². The molecule has 10 heteroatoms. The lowest BCUT2D eigenvalue weighted by Crippen LogP contribution is -2.33. The third-order valence-corrected chi connectivity index (χ3v) is 5.85. The Hall–Kier alpha value is -4.03. The molecule has 1 saturated heterocycles. The van der Waals surface area contributed by atoms with Crippen molar-refractivity contribution < 1.29 is 9.59 Å². The van der Waals surface area contributed by atoms with E-state index in [0.29, 0.717) is 33.5 Å². The van der Waals surface area contributed by atoms with Gasteiger partial charge in [-0.3, -0.25) is 9.59 Å². The molecule has 3 aromatic rings. The van der Waals surface area contributed by atoms with E-state index >= 15 is 0 Å². The Morgan fingerprint density at radius 2 is 1.97 bits per heavy atom. The van der Waals surface area contributed by atoms with E-state index in [9.17, 15) is 9.59 Å². The summed E-state index contributed by atoms with van der Waals surface area (Å²) >= 11 is 5.94. The number of halogens is 1. The Labute approximate surface area is 202 Å². The summed E-state index contributed by atoms with van der Waals surface area (Å²) in [6.45, 7) is 2.58. The van der Waals surface area contributed by atoms with E-state index in [1.165, 1.54) is 10.9 Å². The van der Waals surface area contributed by atoms with Crippen molar-refractivity contribution in [3.05, 3.63) is 64.7 Å². The fourth-order valence-corrected chi connectivity index (χ4v) is 4.20. The number of imidazole rings is 1. The average Bonchev–Trinajstić information content (AvgIpc) is 3.17. The van der Waals surface area contributed by atoms with Crippen LogP contribution in [0.4, 0.5) is 5.82 Å². The smallest absolute Gasteiger partial charge is 0.269 e. The highest BCUT2D eigenvalue weighted by Crippen LogP contribution is 2.33. The average molecular weight is 478 g/mol. The Kier molecular flexibility index (Phi) is 6.70. The Balaban J connectivity index is 1.64. The maximum absolute atomic E-state index is 12.6. The van der Waals surface area contributed by atoms with E-state index in [2.05, 4.69) is 22.3 Å². The number of hydrogen-bond acceptors (Lipinski definition) is 6. The molecule has 0 radical (unpaired) electrons. The summed E-state index contributed by atoms with van der Waals surface area (Å²) in [5.74, 6) is 9.07. The molecule has 1 aliphatic rings. The van der Waals surface area contributed by atoms with Crippen molar-refractivity contribution in [1.82, 2.24) is 19.5 Å². The number of carbonyl (C=O) groups is 2. The second-order valence-corrected chi connectivity index (χ2v) is 8.30. The summed E-state index contributed by atoms with van der Waals surface area (Å²) in [6, 6.07) is 12.8. The van der Waals surface area contributed by atoms with Crippen LogP contribution in [-0.4, -0.2) is 37.9 Å². The fraction of sp³-hybridized carbons (Fsp3) is 0.250. The molecule has 1 aliphatic heterocycles. The molecule has 2 aromatic heterocycles. The van der Waals surface area contributed by atoms with Crippen molar-refractivity contribution >= 4 is 29.2 Å². The number of pyridine rings is 1. The predicted octanol–water partition coefficient (Wildman–Crippen LogP) is 3.17. The Morgan fingerprint density at radius 3 is 2.65 bits per heavy atom. The minimum Gasteiger partial charge on any atom is -0.364 e. The number of likely N-dealkylation sites (tertiary alicyclic amines) is 1. The fourth-order valence-electron chi connectivity index (χ4n) is 4.04. The first-order valence-corrected chi connectivity index (χ1v) is 11.2. The molecule has 0 bridgehead atoms. The van der Waals surface area contributed by atoms with Crippen LogP contribution >= 0.6 is 11.6 Å². The van der Waals surface area contributed by atoms with Crippen LogP contribution in [0.15, 0.2) is 42.6 Å². The van der Waals surface area contributed by atoms with Gasteiger partial charge < -0.3 is 21.8 Å². The van der Waals surface area contributed by atoms with Gasteiger partial charge in [0.15, 0.2) is 11.5 Å². The first-order valence-electron chi connectivity index (χ1n) is 10.8. The van der Waals surface area contributed by atoms with Crippen molar-refractivity contribution in [3.8, 4) is 23.2 Å². The third-order valence-electron chi connectivity index (χ3n) is 5.61. The van der Waals surface area contributed by atoms with Gasteiger partial charge in [-0.05, 0) is 50.5 Å². The van der Waals surface area contributed by atoms with Crippen LogP contribution in [0, 0.1) is 12.0 Å². The zero-order chi connectivity index (χ0) is 24.2. The number of amides is 2. The lowest BCUT2D eigenvalue weighted by Gasteiger charge is -2.32. The molecular weight excluding hydrogens is 454 g/mol. The lowest BCUT2D eigenvalue weighted by molar-refractivity contribution is 0.0990. The van der Waals surface area contributed by atoms with Gasteiger partial charge in [-0.2, -0.15) is 0 Å². The van der Waals surface area contributed by atoms with Gasteiger partial charge in [0.25, 0.3) is 11.8 Å². The van der Waals surface area contributed by atoms with Gasteiger partial charge in [0.2, 0.25) is 0 Å². The van der Waals surface area contributed by atoms with E-state index in [4.69, 9.17) is 28.2 Å². The predicted molar refractivity (Wildman–Crippen MR) is 130 cm³/mol. The van der Waals surface area contributed by atoms with Gasteiger partial charge in [-0.25, -0.2) is 14.6 Å². The second-order valence-electron chi connectivity index (χ2n) is 7.86. The van der Waals surface area contributed by atoms with E-state index < -0.39 is 5.91 Å². The standard InChI is InChI=1S/C24H24ClN7O2/c1-2-12-31-13-4-3-5-18(31)23-30-20(21(22(26)33)32(23)27)15-6-8-16(9-7-15)24(34)29-19-14-17(25)10-11-28-19/h6-11,14,18H,3-5,13,27H2,1H3,(H2,26,33)(H,28,29,34). The molecular formula is C24H24ClN7O2. The van der Waals surface area contributed by atoms with Crippen LogP contribution in [0.3, 0.4) is 0 Å². The molecule has 1 unspecified atom stereocenters. The molecule has 3 heterocycles. The number of primary amides is 1. The summed E-state index contributed by atoms with van der Waals surface area (Å²) < 4.78 is 1.27. The number of nitrogens with zero attached hydrogens (tertiary/aromatic N) is 4. The van der Waals surface area contributed by atoms with Gasteiger partial charge >= 0.3 is 0 Å². The van der Waals surface area contributed by atoms with Gasteiger partial charge in [0.05, 0.1) is 6.04 Å². The molecule has 1 aromatic carbocycles. The van der Waals surface area contributed by atoms with E-state index in [-0.39, 0.29) is 17.6 Å². The molecule has 174 valence electrons. The van der Waals surface area contributed by atoms with Crippen molar-refractivity contribution in [2.45, 2.75) is 32.2 Å². The monoisotopic (exact) mass is 477 g/mol. The van der Waals surface area contributed by atoms with E-state index in [1.54, 1.807) is 43.3 Å². The number of rotatable bonds is 5. The number of carbonyl (C=O) groups excluding carboxylic acids is 2. The maximum Gasteiger partial charge on any atom is 0.269 e. The molecule has 5 N–H and O–H groups in total. The summed E-state index contributed by atoms with van der Waals surface area (Å²) in [7, 11) is 0. The number of hydrogen-bond donors (Lipinski definition) is 3. The lowest BCUT2D eigenvalue weighted by atomic mass is 10.0. The van der Waals surface area contributed by atoms with Crippen LogP contribution in [0.2, 0.25) is 5.02 Å². The highest BCUT2D eigenvalue weighted by Gasteiger charge is 2.30. The van der Waals surface area contributed by atoms with Gasteiger partial charge in [-0.15, -0.1) is 0 Å². The molecule has 0 saturated carbocycles. The topological polar surface area (TPSA) is 132 Å². The van der Waals surface area contributed by atoms with Crippen molar-refractivity contribution in [1.29, 1.82) is 0 Å². The van der Waals surface area contributed by atoms with Crippen molar-refractivity contribution in [2.75, 3.05) is 17.7 Å². The van der Waals surface area contributed by atoms with Crippen LogP contribution in [0.25, 0.3) is 11.3 Å². The quantitative estimate of drug-likeness (QED) is 0.382. The number of nitrogens with two attached hydrogens (primary N) is 2. The van der Waals surface area contributed by atoms with E-state index in [1.807, 2.05) is 4.90 Å². The largest absolute Gasteiger partial charge is 0.364 e. The normalized spacial score (nSPS) is 15.4. The minimum absolute atomic E-state index is 0.102. The number of piperidine rings is 1. The Bertz CT molecular complexity index is 1290. The van der Waals surface area contributed by atoms with Crippen LogP contribution in [0.5, 0.6) is 0 Å². The van der Waals surface area contributed by atoms with Crippen LogP contribution in [0.1, 0.15) is 58.9 Å². The molecule has 4 rings (SSSR count). The highest BCUT2D eigenvalue weighted by molar-refractivity contribution is 6.30. The van der Waals surface area contributed by atoms with E-state index in [0.717, 1.165) is 25.8 Å². The Morgan fingerprint density at radius 1 is 1.21 bits per heavy atom. The van der Waals surface area contributed by atoms with Gasteiger partial charge in [0, 0.05) is 34.9 Å².